The molecule has 0 unspecified atom stereocenters. The van der Waals surface area contributed by atoms with Crippen LogP contribution in [0.5, 0.6) is 11.6 Å². The number of nitrogens with zero attached hydrogens (tertiary/aromatic N) is 2. The highest BCUT2D eigenvalue weighted by Gasteiger charge is 2.09. The van der Waals surface area contributed by atoms with E-state index in [0.717, 1.165) is 11.3 Å². The van der Waals surface area contributed by atoms with E-state index >= 15 is 0 Å². The lowest BCUT2D eigenvalue weighted by Crippen LogP contribution is -2.28. The van der Waals surface area contributed by atoms with Crippen molar-refractivity contribution in [1.82, 2.24) is 15.3 Å². The first-order valence-electron chi connectivity index (χ1n) is 9.22. The largest absolute Gasteiger partial charge is 0.459 e. The van der Waals surface area contributed by atoms with Crippen LogP contribution in [-0.2, 0) is 6.54 Å². The first kappa shape index (κ1) is 21.1. The lowest BCUT2D eigenvalue weighted by atomic mass is 10.2. The van der Waals surface area contributed by atoms with Crippen molar-refractivity contribution in [3.63, 3.8) is 0 Å². The molecular formula is C22H16Cl2N4O2S. The lowest BCUT2D eigenvalue weighted by Gasteiger charge is -2.10. The first-order valence-corrected chi connectivity index (χ1v) is 10.4. The minimum atomic E-state index is 0.220. The molecule has 6 nitrogen and oxygen atoms in total. The summed E-state index contributed by atoms with van der Waals surface area (Å²) < 4.78 is 11.5. The van der Waals surface area contributed by atoms with Crippen LogP contribution in [0.3, 0.4) is 0 Å². The molecule has 0 fully saturated rings. The summed E-state index contributed by atoms with van der Waals surface area (Å²) in [6.45, 7) is 0.382. The molecule has 2 aromatic carbocycles. The molecule has 2 aromatic heterocycles. The van der Waals surface area contributed by atoms with E-state index in [9.17, 15) is 0 Å². The van der Waals surface area contributed by atoms with Crippen molar-refractivity contribution in [2.75, 3.05) is 5.32 Å². The number of halogens is 2. The van der Waals surface area contributed by atoms with E-state index in [1.54, 1.807) is 0 Å². The molecule has 0 bridgehead atoms. The summed E-state index contributed by atoms with van der Waals surface area (Å²) >= 11 is 17.3. The summed E-state index contributed by atoms with van der Waals surface area (Å²) in [5.74, 6) is 2.62. The lowest BCUT2D eigenvalue weighted by molar-refractivity contribution is 0.462. The highest BCUT2D eigenvalue weighted by Crippen LogP contribution is 2.24. The van der Waals surface area contributed by atoms with Crippen LogP contribution < -0.4 is 15.4 Å². The van der Waals surface area contributed by atoms with Crippen molar-refractivity contribution in [1.29, 1.82) is 0 Å². The molecule has 0 atom stereocenters. The summed E-state index contributed by atoms with van der Waals surface area (Å²) in [5.41, 5.74) is 0.939. The number of furan rings is 1. The molecule has 4 rings (SSSR count). The van der Waals surface area contributed by atoms with Gasteiger partial charge in [-0.15, -0.1) is 0 Å². The van der Waals surface area contributed by atoms with E-state index < -0.39 is 0 Å². The molecule has 0 radical (unpaired) electrons. The molecule has 156 valence electrons. The predicted octanol–water partition coefficient (Wildman–Crippen LogP) is 6.32. The van der Waals surface area contributed by atoms with Gasteiger partial charge in [0.15, 0.2) is 5.11 Å². The van der Waals surface area contributed by atoms with E-state index in [-0.39, 0.29) is 11.1 Å². The van der Waals surface area contributed by atoms with E-state index in [1.807, 2.05) is 66.7 Å². The summed E-state index contributed by atoms with van der Waals surface area (Å²) in [6, 6.07) is 22.0. The van der Waals surface area contributed by atoms with Crippen molar-refractivity contribution in [2.45, 2.75) is 6.54 Å². The third kappa shape index (κ3) is 5.95. The Hall–Kier alpha value is -3.13. The summed E-state index contributed by atoms with van der Waals surface area (Å²) in [4.78, 5) is 8.41. The average molecular weight is 471 g/mol. The van der Waals surface area contributed by atoms with E-state index in [4.69, 9.17) is 44.6 Å². The summed E-state index contributed by atoms with van der Waals surface area (Å²) in [5, 5.41) is 7.17. The molecule has 0 saturated heterocycles. The molecule has 2 heterocycles. The van der Waals surface area contributed by atoms with Crippen LogP contribution in [0.25, 0.3) is 11.3 Å². The van der Waals surface area contributed by atoms with Crippen molar-refractivity contribution in [3.8, 4) is 23.0 Å². The fourth-order valence-corrected chi connectivity index (χ4v) is 3.13. The molecule has 4 aromatic rings. The Bertz CT molecular complexity index is 1180. The summed E-state index contributed by atoms with van der Waals surface area (Å²) in [7, 11) is 0. The van der Waals surface area contributed by atoms with Crippen LogP contribution >= 0.6 is 35.4 Å². The Morgan fingerprint density at radius 3 is 2.52 bits per heavy atom. The highest BCUT2D eigenvalue weighted by molar-refractivity contribution is 7.80. The molecular weight excluding hydrogens is 455 g/mol. The fraction of sp³-hybridized carbons (Fsp3) is 0.0455. The third-order valence-electron chi connectivity index (χ3n) is 4.08. The zero-order valence-electron chi connectivity index (χ0n) is 16.0. The smallest absolute Gasteiger partial charge is 0.233 e. The Balaban J connectivity index is 1.35. The maximum absolute atomic E-state index is 6.09. The predicted molar refractivity (Wildman–Crippen MR) is 126 cm³/mol. The minimum absolute atomic E-state index is 0.220. The number of hydrogen-bond donors (Lipinski definition) is 2. The quantitative estimate of drug-likeness (QED) is 0.252. The van der Waals surface area contributed by atoms with E-state index in [2.05, 4.69) is 20.6 Å². The van der Waals surface area contributed by atoms with Gasteiger partial charge in [0.05, 0.1) is 6.54 Å². The van der Waals surface area contributed by atoms with Gasteiger partial charge < -0.3 is 19.8 Å². The van der Waals surface area contributed by atoms with Gasteiger partial charge in [-0.25, -0.2) is 4.98 Å². The fourth-order valence-electron chi connectivity index (χ4n) is 2.67. The van der Waals surface area contributed by atoms with Crippen molar-refractivity contribution in [3.05, 3.63) is 88.7 Å². The maximum Gasteiger partial charge on any atom is 0.233 e. The summed E-state index contributed by atoms with van der Waals surface area (Å²) in [6.07, 6.45) is 0. The topological polar surface area (TPSA) is 72.2 Å². The zero-order valence-corrected chi connectivity index (χ0v) is 18.3. The molecule has 0 aliphatic carbocycles. The van der Waals surface area contributed by atoms with Gasteiger partial charge in [0.2, 0.25) is 11.8 Å². The van der Waals surface area contributed by atoms with Gasteiger partial charge in [-0.05, 0) is 60.7 Å². The molecule has 0 saturated carbocycles. The molecule has 9 heteroatoms. The van der Waals surface area contributed by atoms with Gasteiger partial charge in [-0.1, -0.05) is 41.4 Å². The Morgan fingerprint density at radius 1 is 0.968 bits per heavy atom. The van der Waals surface area contributed by atoms with E-state index in [1.165, 1.54) is 6.07 Å². The number of aromatic nitrogens is 2. The van der Waals surface area contributed by atoms with Crippen molar-refractivity contribution >= 4 is 46.5 Å². The van der Waals surface area contributed by atoms with Crippen LogP contribution in [-0.4, -0.2) is 15.1 Å². The van der Waals surface area contributed by atoms with Crippen LogP contribution in [0.1, 0.15) is 5.76 Å². The number of nitrogens with one attached hydrogen (secondary N) is 2. The second kappa shape index (κ2) is 9.78. The Morgan fingerprint density at radius 2 is 1.74 bits per heavy atom. The Kier molecular flexibility index (Phi) is 6.66. The maximum atomic E-state index is 6.09. The van der Waals surface area contributed by atoms with Gasteiger partial charge in [0.25, 0.3) is 0 Å². The third-order valence-corrected chi connectivity index (χ3v) is 4.77. The standard InChI is InChI=1S/C22H16Cl2N4O2S/c23-15-8-6-14(7-9-15)18-11-10-17(29-18)13-25-22(31)28-21-26-19(24)12-20(27-21)30-16-4-2-1-3-5-16/h1-12H,13H2,(H2,25,26,27,28,31). The second-order valence-electron chi connectivity index (χ2n) is 6.35. The van der Waals surface area contributed by atoms with Crippen LogP contribution in [0.4, 0.5) is 5.95 Å². The average Bonchev–Trinajstić information content (AvgIpc) is 3.22. The molecule has 0 spiro atoms. The van der Waals surface area contributed by atoms with Crippen molar-refractivity contribution in [2.24, 2.45) is 0 Å². The van der Waals surface area contributed by atoms with Gasteiger partial charge in [0.1, 0.15) is 22.4 Å². The number of para-hydroxylation sites is 1. The number of anilines is 1. The zero-order chi connectivity index (χ0) is 21.6. The van der Waals surface area contributed by atoms with Gasteiger partial charge >= 0.3 is 0 Å². The first-order chi connectivity index (χ1) is 15.0. The van der Waals surface area contributed by atoms with Gasteiger partial charge in [0, 0.05) is 16.7 Å². The van der Waals surface area contributed by atoms with Crippen LogP contribution in [0.2, 0.25) is 10.2 Å². The monoisotopic (exact) mass is 470 g/mol. The normalized spacial score (nSPS) is 10.5. The number of benzene rings is 2. The number of thiocarbonyl (C=S) groups is 1. The minimum Gasteiger partial charge on any atom is -0.459 e. The highest BCUT2D eigenvalue weighted by atomic mass is 35.5. The van der Waals surface area contributed by atoms with Crippen LogP contribution in [0.15, 0.2) is 77.2 Å². The molecule has 31 heavy (non-hydrogen) atoms. The SMILES string of the molecule is S=C(NCc1ccc(-c2ccc(Cl)cc2)o1)Nc1nc(Cl)cc(Oc2ccccc2)n1. The van der Waals surface area contributed by atoms with Gasteiger partial charge in [-0.3, -0.25) is 0 Å². The number of hydrogen-bond acceptors (Lipinski definition) is 5. The van der Waals surface area contributed by atoms with Crippen LogP contribution in [0, 0.1) is 0 Å². The molecule has 0 aliphatic heterocycles. The van der Waals surface area contributed by atoms with E-state index in [0.29, 0.717) is 34.1 Å². The Labute approximate surface area is 194 Å². The molecule has 2 N–H and O–H groups in total. The van der Waals surface area contributed by atoms with Gasteiger partial charge in [-0.2, -0.15) is 4.98 Å². The number of ether oxygens (including phenoxy) is 1. The van der Waals surface area contributed by atoms with Crippen molar-refractivity contribution < 1.29 is 9.15 Å². The molecule has 0 aliphatic rings. The second-order valence-corrected chi connectivity index (χ2v) is 7.58. The number of rotatable bonds is 6. The molecule has 0 amide bonds.